The molecule has 1 aromatic heterocycles. The molecule has 100 valence electrons. The van der Waals surface area contributed by atoms with Crippen molar-refractivity contribution in [3.05, 3.63) is 41.7 Å². The molecule has 1 aromatic carbocycles. The summed E-state index contributed by atoms with van der Waals surface area (Å²) < 4.78 is 7.61. The molecule has 0 fully saturated rings. The molecular weight excluding hydrogens is 306 g/mol. The van der Waals surface area contributed by atoms with Gasteiger partial charge in [0.2, 0.25) is 0 Å². The van der Waals surface area contributed by atoms with Crippen LogP contribution in [0.3, 0.4) is 0 Å². The summed E-state index contributed by atoms with van der Waals surface area (Å²) in [7, 11) is 0. The molecule has 2 heterocycles. The number of aromatic nitrogens is 3. The second-order valence-corrected chi connectivity index (χ2v) is 6.23. The van der Waals surface area contributed by atoms with Gasteiger partial charge < -0.3 is 4.74 Å². The van der Waals surface area contributed by atoms with E-state index in [9.17, 15) is 0 Å². The molecule has 19 heavy (non-hydrogen) atoms. The van der Waals surface area contributed by atoms with E-state index in [2.05, 4.69) is 45.3 Å². The Morgan fingerprint density at radius 1 is 1.47 bits per heavy atom. The Balaban J connectivity index is 1.80. The number of benzene rings is 1. The van der Waals surface area contributed by atoms with E-state index in [0.29, 0.717) is 5.92 Å². The predicted octanol–water partition coefficient (Wildman–Crippen LogP) is 3.30. The third-order valence-corrected chi connectivity index (χ3v) is 3.92. The maximum absolute atomic E-state index is 5.68. The van der Waals surface area contributed by atoms with Gasteiger partial charge in [0.15, 0.2) is 0 Å². The average molecular weight is 322 g/mol. The number of nitrogens with zero attached hydrogens (tertiary/aromatic N) is 3. The fourth-order valence-electron chi connectivity index (χ4n) is 2.42. The quantitative estimate of drug-likeness (QED) is 0.814. The summed E-state index contributed by atoms with van der Waals surface area (Å²) in [6, 6.07) is 8.26. The Bertz CT molecular complexity index is 567. The highest BCUT2D eigenvalue weighted by atomic mass is 79.9. The molecule has 2 atom stereocenters. The largest absolute Gasteiger partial charge is 0.493 e. The van der Waals surface area contributed by atoms with Crippen LogP contribution in [0, 0.1) is 0 Å². The second kappa shape index (κ2) is 5.33. The highest BCUT2D eigenvalue weighted by Crippen LogP contribution is 2.34. The molecule has 3 rings (SSSR count). The number of hydrogen-bond donors (Lipinski definition) is 0. The lowest BCUT2D eigenvalue weighted by Gasteiger charge is -2.25. The maximum atomic E-state index is 5.68. The van der Waals surface area contributed by atoms with E-state index in [1.54, 1.807) is 0 Å². The van der Waals surface area contributed by atoms with Crippen LogP contribution in [-0.2, 0) is 6.54 Å². The number of alkyl halides is 1. The van der Waals surface area contributed by atoms with E-state index < -0.39 is 0 Å². The zero-order chi connectivity index (χ0) is 13.2. The van der Waals surface area contributed by atoms with Gasteiger partial charge in [-0.1, -0.05) is 39.3 Å². The lowest BCUT2D eigenvalue weighted by atomic mass is 9.93. The molecule has 2 unspecified atom stereocenters. The molecule has 1 aliphatic rings. The number of fused-ring (bicyclic) bond motifs is 1. The van der Waals surface area contributed by atoms with Crippen molar-refractivity contribution >= 4 is 15.9 Å². The van der Waals surface area contributed by atoms with E-state index in [1.165, 1.54) is 5.56 Å². The Morgan fingerprint density at radius 3 is 3.11 bits per heavy atom. The van der Waals surface area contributed by atoms with E-state index in [1.807, 2.05) is 23.0 Å². The van der Waals surface area contributed by atoms with E-state index in [0.717, 1.165) is 31.0 Å². The zero-order valence-corrected chi connectivity index (χ0v) is 12.4. The number of hydrogen-bond acceptors (Lipinski definition) is 3. The van der Waals surface area contributed by atoms with Crippen molar-refractivity contribution in [3.63, 3.8) is 0 Å². The molecule has 0 bridgehead atoms. The van der Waals surface area contributed by atoms with Crippen LogP contribution in [0.5, 0.6) is 5.75 Å². The number of halogens is 1. The monoisotopic (exact) mass is 321 g/mol. The molecule has 0 saturated heterocycles. The average Bonchev–Trinajstić information content (AvgIpc) is 2.88. The summed E-state index contributed by atoms with van der Waals surface area (Å²) in [5.74, 6) is 1.46. The van der Waals surface area contributed by atoms with Crippen molar-refractivity contribution in [3.8, 4) is 5.75 Å². The summed E-state index contributed by atoms with van der Waals surface area (Å²) in [5, 5.41) is 8.37. The van der Waals surface area contributed by atoms with Crippen molar-refractivity contribution in [1.82, 2.24) is 15.0 Å². The van der Waals surface area contributed by atoms with Crippen molar-refractivity contribution in [2.24, 2.45) is 0 Å². The minimum atomic E-state index is 0.239. The summed E-state index contributed by atoms with van der Waals surface area (Å²) in [4.78, 5) is 0.239. The van der Waals surface area contributed by atoms with Gasteiger partial charge >= 0.3 is 0 Å². The van der Waals surface area contributed by atoms with Gasteiger partial charge in [-0.2, -0.15) is 0 Å². The van der Waals surface area contributed by atoms with Crippen molar-refractivity contribution < 1.29 is 4.74 Å². The third kappa shape index (κ3) is 2.66. The molecule has 0 amide bonds. The van der Waals surface area contributed by atoms with Crippen molar-refractivity contribution in [2.75, 3.05) is 6.61 Å². The first-order valence-corrected chi connectivity index (χ1v) is 7.41. The molecule has 1 aliphatic heterocycles. The van der Waals surface area contributed by atoms with Crippen LogP contribution >= 0.6 is 15.9 Å². The summed E-state index contributed by atoms with van der Waals surface area (Å²) in [6.45, 7) is 3.68. The van der Waals surface area contributed by atoms with Gasteiger partial charge in [-0.25, -0.2) is 0 Å². The van der Waals surface area contributed by atoms with Gasteiger partial charge in [0.05, 0.1) is 17.1 Å². The Kier molecular flexibility index (Phi) is 3.55. The van der Waals surface area contributed by atoms with Gasteiger partial charge in [0.25, 0.3) is 0 Å². The molecule has 4 nitrogen and oxygen atoms in total. The SMILES string of the molecule is CC(Br)c1cn(CC2CCOc3ccccc32)nn1. The van der Waals surface area contributed by atoms with Crippen LogP contribution < -0.4 is 4.74 Å². The Hall–Kier alpha value is -1.36. The normalized spacial score (nSPS) is 19.6. The summed E-state index contributed by atoms with van der Waals surface area (Å²) >= 11 is 3.51. The van der Waals surface area contributed by atoms with Crippen LogP contribution in [-0.4, -0.2) is 21.6 Å². The highest BCUT2D eigenvalue weighted by Gasteiger charge is 2.22. The Labute approximate surface area is 120 Å². The second-order valence-electron chi connectivity index (χ2n) is 4.85. The van der Waals surface area contributed by atoms with E-state index in [-0.39, 0.29) is 4.83 Å². The van der Waals surface area contributed by atoms with Crippen molar-refractivity contribution in [2.45, 2.75) is 30.6 Å². The van der Waals surface area contributed by atoms with Crippen LogP contribution in [0.15, 0.2) is 30.5 Å². The lowest BCUT2D eigenvalue weighted by molar-refractivity contribution is 0.256. The van der Waals surface area contributed by atoms with Gasteiger partial charge in [0, 0.05) is 18.7 Å². The van der Waals surface area contributed by atoms with E-state index in [4.69, 9.17) is 4.74 Å². The first-order valence-electron chi connectivity index (χ1n) is 6.50. The molecule has 5 heteroatoms. The summed E-state index contributed by atoms with van der Waals surface area (Å²) in [5.41, 5.74) is 2.25. The minimum absolute atomic E-state index is 0.239. The van der Waals surface area contributed by atoms with Gasteiger partial charge in [0.1, 0.15) is 5.75 Å². The fourth-order valence-corrected chi connectivity index (χ4v) is 2.63. The van der Waals surface area contributed by atoms with Gasteiger partial charge in [-0.3, -0.25) is 4.68 Å². The van der Waals surface area contributed by atoms with Gasteiger partial charge in [-0.05, 0) is 25.0 Å². The topological polar surface area (TPSA) is 39.9 Å². The Morgan fingerprint density at radius 2 is 2.32 bits per heavy atom. The lowest BCUT2D eigenvalue weighted by Crippen LogP contribution is -2.18. The van der Waals surface area contributed by atoms with E-state index >= 15 is 0 Å². The molecule has 0 N–H and O–H groups in total. The van der Waals surface area contributed by atoms with Crippen LogP contribution in [0.25, 0.3) is 0 Å². The molecule has 0 aliphatic carbocycles. The number of ether oxygens (including phenoxy) is 1. The third-order valence-electron chi connectivity index (χ3n) is 3.45. The van der Waals surface area contributed by atoms with Crippen molar-refractivity contribution in [1.29, 1.82) is 0 Å². The fraction of sp³-hybridized carbons (Fsp3) is 0.429. The first-order chi connectivity index (χ1) is 9.24. The molecule has 2 aromatic rings. The van der Waals surface area contributed by atoms with Crippen LogP contribution in [0.2, 0.25) is 0 Å². The van der Waals surface area contributed by atoms with Gasteiger partial charge in [-0.15, -0.1) is 5.10 Å². The molecule has 0 spiro atoms. The highest BCUT2D eigenvalue weighted by molar-refractivity contribution is 9.09. The number of para-hydroxylation sites is 1. The predicted molar refractivity (Wildman–Crippen MR) is 76.7 cm³/mol. The molecule has 0 saturated carbocycles. The summed E-state index contributed by atoms with van der Waals surface area (Å²) in [6.07, 6.45) is 3.04. The zero-order valence-electron chi connectivity index (χ0n) is 10.8. The molecule has 0 radical (unpaired) electrons. The van der Waals surface area contributed by atoms with Crippen LogP contribution in [0.4, 0.5) is 0 Å². The van der Waals surface area contributed by atoms with Crippen LogP contribution in [0.1, 0.15) is 35.3 Å². The standard InChI is InChI=1S/C14H16BrN3O/c1-10(15)13-9-18(17-16-13)8-11-6-7-19-14-5-3-2-4-12(11)14/h2-5,9-11H,6-8H2,1H3. The molecular formula is C14H16BrN3O. The smallest absolute Gasteiger partial charge is 0.122 e. The maximum Gasteiger partial charge on any atom is 0.122 e. The first kappa shape index (κ1) is 12.7. The minimum Gasteiger partial charge on any atom is -0.493 e. The number of rotatable bonds is 3.